The van der Waals surface area contributed by atoms with E-state index in [0.29, 0.717) is 6.42 Å². The molecule has 0 spiro atoms. The maximum Gasteiger partial charge on any atom is 0.224 e. The van der Waals surface area contributed by atoms with Crippen LogP contribution in [0.15, 0.2) is 28.7 Å². The van der Waals surface area contributed by atoms with Gasteiger partial charge in [-0.15, -0.1) is 0 Å². The zero-order chi connectivity index (χ0) is 14.2. The van der Waals surface area contributed by atoms with Crippen LogP contribution in [-0.4, -0.2) is 50.1 Å². The molecule has 20 heavy (non-hydrogen) atoms. The van der Waals surface area contributed by atoms with Crippen molar-refractivity contribution >= 4 is 21.8 Å². The van der Waals surface area contributed by atoms with Gasteiger partial charge >= 0.3 is 0 Å². The summed E-state index contributed by atoms with van der Waals surface area (Å²) >= 11 is 3.42. The van der Waals surface area contributed by atoms with E-state index in [0.717, 1.165) is 55.7 Å². The molecule has 0 aromatic heterocycles. The van der Waals surface area contributed by atoms with Gasteiger partial charge in [0.05, 0.1) is 6.42 Å². The van der Waals surface area contributed by atoms with Crippen LogP contribution >= 0.6 is 15.9 Å². The molecule has 1 saturated heterocycles. The van der Waals surface area contributed by atoms with Gasteiger partial charge in [-0.3, -0.25) is 4.79 Å². The van der Waals surface area contributed by atoms with Crippen molar-refractivity contribution in [1.29, 1.82) is 0 Å². The number of halogens is 1. The van der Waals surface area contributed by atoms with E-state index in [9.17, 15) is 4.79 Å². The summed E-state index contributed by atoms with van der Waals surface area (Å²) in [6.07, 6.45) is 1.47. The van der Waals surface area contributed by atoms with Crippen LogP contribution in [0.3, 0.4) is 0 Å². The molecule has 4 nitrogen and oxygen atoms in total. The van der Waals surface area contributed by atoms with Gasteiger partial charge in [0.1, 0.15) is 0 Å². The van der Waals surface area contributed by atoms with E-state index < -0.39 is 0 Å². The Balaban J connectivity index is 1.60. The summed E-state index contributed by atoms with van der Waals surface area (Å²) in [5.74, 6) is 0.100. The van der Waals surface area contributed by atoms with Crippen molar-refractivity contribution in [3.63, 3.8) is 0 Å². The molecule has 1 amide bonds. The zero-order valence-corrected chi connectivity index (χ0v) is 13.3. The van der Waals surface area contributed by atoms with Crippen molar-refractivity contribution < 1.29 is 4.79 Å². The highest BCUT2D eigenvalue weighted by Gasteiger charge is 2.09. The van der Waals surface area contributed by atoms with Gasteiger partial charge in [0.15, 0.2) is 0 Å². The van der Waals surface area contributed by atoms with E-state index in [4.69, 9.17) is 0 Å². The van der Waals surface area contributed by atoms with Gasteiger partial charge in [-0.05, 0) is 30.7 Å². The molecule has 1 heterocycles. The van der Waals surface area contributed by atoms with Crippen LogP contribution < -0.4 is 10.6 Å². The van der Waals surface area contributed by atoms with Crippen molar-refractivity contribution in [3.8, 4) is 0 Å². The summed E-state index contributed by atoms with van der Waals surface area (Å²) < 4.78 is 1.02. The first-order valence-corrected chi connectivity index (χ1v) is 7.97. The summed E-state index contributed by atoms with van der Waals surface area (Å²) in [4.78, 5) is 14.3. The highest BCUT2D eigenvalue weighted by molar-refractivity contribution is 9.10. The van der Waals surface area contributed by atoms with Gasteiger partial charge in [-0.25, -0.2) is 0 Å². The third-order valence-corrected chi connectivity index (χ3v) is 3.93. The van der Waals surface area contributed by atoms with Crippen LogP contribution in [0.2, 0.25) is 0 Å². The minimum Gasteiger partial charge on any atom is -0.356 e. The van der Waals surface area contributed by atoms with Gasteiger partial charge in [-0.1, -0.05) is 28.1 Å². The second-order valence-corrected chi connectivity index (χ2v) is 6.02. The largest absolute Gasteiger partial charge is 0.356 e. The third kappa shape index (κ3) is 5.61. The lowest BCUT2D eigenvalue weighted by Crippen LogP contribution is -2.44. The average molecular weight is 340 g/mol. The van der Waals surface area contributed by atoms with E-state index in [2.05, 4.69) is 31.5 Å². The molecule has 1 aromatic carbocycles. The van der Waals surface area contributed by atoms with Crippen molar-refractivity contribution in [1.82, 2.24) is 15.5 Å². The second-order valence-electron chi connectivity index (χ2n) is 5.10. The number of amides is 1. The van der Waals surface area contributed by atoms with E-state index >= 15 is 0 Å². The minimum atomic E-state index is 0.100. The van der Waals surface area contributed by atoms with Gasteiger partial charge in [0.25, 0.3) is 0 Å². The smallest absolute Gasteiger partial charge is 0.224 e. The van der Waals surface area contributed by atoms with Gasteiger partial charge < -0.3 is 15.5 Å². The topological polar surface area (TPSA) is 44.4 Å². The van der Waals surface area contributed by atoms with Crippen molar-refractivity contribution in [2.75, 3.05) is 39.3 Å². The molecule has 1 aromatic rings. The van der Waals surface area contributed by atoms with Gasteiger partial charge in [-0.2, -0.15) is 0 Å². The first kappa shape index (κ1) is 15.5. The number of benzene rings is 1. The lowest BCUT2D eigenvalue weighted by atomic mass is 10.1. The molecule has 0 aliphatic carbocycles. The molecule has 1 aliphatic rings. The molecular weight excluding hydrogens is 318 g/mol. The number of hydrogen-bond acceptors (Lipinski definition) is 3. The van der Waals surface area contributed by atoms with Crippen LogP contribution in [-0.2, 0) is 11.2 Å². The van der Waals surface area contributed by atoms with Crippen LogP contribution in [0, 0.1) is 0 Å². The molecule has 0 saturated carbocycles. The fraction of sp³-hybridized carbons (Fsp3) is 0.533. The Kier molecular flexibility index (Phi) is 6.50. The number of carbonyl (C=O) groups excluding carboxylic acids is 1. The summed E-state index contributed by atoms with van der Waals surface area (Å²) in [5, 5.41) is 6.33. The number of hydrogen-bond donors (Lipinski definition) is 2. The molecule has 2 N–H and O–H groups in total. The number of nitrogens with one attached hydrogen (secondary N) is 2. The minimum absolute atomic E-state index is 0.100. The predicted molar refractivity (Wildman–Crippen MR) is 84.8 cm³/mol. The molecule has 2 rings (SSSR count). The van der Waals surface area contributed by atoms with E-state index in [-0.39, 0.29) is 5.91 Å². The van der Waals surface area contributed by atoms with Crippen LogP contribution in [0.1, 0.15) is 12.0 Å². The summed E-state index contributed by atoms with van der Waals surface area (Å²) in [6, 6.07) is 7.89. The first-order chi connectivity index (χ1) is 9.74. The molecule has 0 unspecified atom stereocenters. The van der Waals surface area contributed by atoms with Gasteiger partial charge in [0, 0.05) is 37.2 Å². The summed E-state index contributed by atoms with van der Waals surface area (Å²) in [5.41, 5.74) is 1.04. The van der Waals surface area contributed by atoms with Crippen molar-refractivity contribution in [2.24, 2.45) is 0 Å². The fourth-order valence-electron chi connectivity index (χ4n) is 2.36. The third-order valence-electron chi connectivity index (χ3n) is 3.44. The SMILES string of the molecule is O=C(Cc1cccc(Br)c1)NCCCN1CCNCC1. The molecule has 110 valence electrons. The molecule has 0 radical (unpaired) electrons. The number of nitrogens with zero attached hydrogens (tertiary/aromatic N) is 1. The normalized spacial score (nSPS) is 16.1. The van der Waals surface area contributed by atoms with Crippen LogP contribution in [0.4, 0.5) is 0 Å². The summed E-state index contributed by atoms with van der Waals surface area (Å²) in [7, 11) is 0. The lowest BCUT2D eigenvalue weighted by Gasteiger charge is -2.27. The molecular formula is C15H22BrN3O. The number of rotatable bonds is 6. The Bertz CT molecular complexity index is 433. The van der Waals surface area contributed by atoms with Crippen molar-refractivity contribution in [3.05, 3.63) is 34.3 Å². The maximum absolute atomic E-state index is 11.8. The molecule has 0 atom stereocenters. The van der Waals surface area contributed by atoms with E-state index in [1.807, 2.05) is 24.3 Å². The number of carbonyl (C=O) groups is 1. The molecule has 0 bridgehead atoms. The molecule has 5 heteroatoms. The Morgan fingerprint density at radius 1 is 1.35 bits per heavy atom. The quantitative estimate of drug-likeness (QED) is 0.770. The summed E-state index contributed by atoms with van der Waals surface area (Å²) in [6.45, 7) is 6.22. The maximum atomic E-state index is 11.8. The monoisotopic (exact) mass is 339 g/mol. The average Bonchev–Trinajstić information content (AvgIpc) is 2.45. The number of piperazine rings is 1. The Labute approximate surface area is 129 Å². The lowest BCUT2D eigenvalue weighted by molar-refractivity contribution is -0.120. The van der Waals surface area contributed by atoms with Crippen molar-refractivity contribution in [2.45, 2.75) is 12.8 Å². The Morgan fingerprint density at radius 3 is 2.90 bits per heavy atom. The van der Waals surface area contributed by atoms with Crippen LogP contribution in [0.25, 0.3) is 0 Å². The molecule has 1 aliphatic heterocycles. The standard InChI is InChI=1S/C15H22BrN3O/c16-14-4-1-3-13(11-14)12-15(20)18-5-2-8-19-9-6-17-7-10-19/h1,3-4,11,17H,2,5-10,12H2,(H,18,20). The fourth-order valence-corrected chi connectivity index (χ4v) is 2.81. The van der Waals surface area contributed by atoms with Gasteiger partial charge in [0.2, 0.25) is 5.91 Å². The Hall–Kier alpha value is -0.910. The van der Waals surface area contributed by atoms with Crippen LogP contribution in [0.5, 0.6) is 0 Å². The highest BCUT2D eigenvalue weighted by Crippen LogP contribution is 2.11. The Morgan fingerprint density at radius 2 is 2.15 bits per heavy atom. The molecule has 1 fully saturated rings. The van der Waals surface area contributed by atoms with E-state index in [1.54, 1.807) is 0 Å². The highest BCUT2D eigenvalue weighted by atomic mass is 79.9. The zero-order valence-electron chi connectivity index (χ0n) is 11.7. The second kappa shape index (κ2) is 8.39. The predicted octanol–water partition coefficient (Wildman–Crippen LogP) is 1.40. The first-order valence-electron chi connectivity index (χ1n) is 7.18. The van der Waals surface area contributed by atoms with E-state index in [1.165, 1.54) is 0 Å².